The first kappa shape index (κ1) is 34.0. The molecule has 242 valence electrons. The van der Waals surface area contributed by atoms with Crippen molar-refractivity contribution in [1.82, 2.24) is 14.5 Å². The van der Waals surface area contributed by atoms with Crippen molar-refractivity contribution in [2.75, 3.05) is 32.1 Å². The van der Waals surface area contributed by atoms with Gasteiger partial charge in [-0.05, 0) is 67.1 Å². The third-order valence-corrected chi connectivity index (χ3v) is 10.2. The maximum atomic E-state index is 14.6. The Morgan fingerprint density at radius 2 is 1.60 bits per heavy atom. The van der Waals surface area contributed by atoms with Gasteiger partial charge in [-0.15, -0.1) is 0 Å². The highest BCUT2D eigenvalue weighted by Gasteiger charge is 2.36. The molecule has 1 aliphatic rings. The highest BCUT2D eigenvalue weighted by Crippen LogP contribution is 2.27. The van der Waals surface area contributed by atoms with Gasteiger partial charge in [-0.25, -0.2) is 4.31 Å². The second-order valence-corrected chi connectivity index (χ2v) is 14.1. The maximum Gasteiger partial charge on any atom is 0.304 e. The molecule has 0 bridgehead atoms. The molecule has 0 heterocycles. The number of methoxy groups -OCH3 is 1. The van der Waals surface area contributed by atoms with E-state index in [1.54, 1.807) is 13.2 Å². The van der Waals surface area contributed by atoms with Crippen molar-refractivity contribution in [1.29, 1.82) is 0 Å². The second kappa shape index (κ2) is 15.4. The van der Waals surface area contributed by atoms with E-state index in [9.17, 15) is 18.0 Å². The lowest BCUT2D eigenvalue weighted by atomic mass is 9.94. The number of hydrogen-bond donors (Lipinski definition) is 1. The number of nitrogens with one attached hydrogen (secondary N) is 1. The molecule has 1 atom stereocenters. The fourth-order valence-electron chi connectivity index (χ4n) is 5.76. The maximum absolute atomic E-state index is 14.6. The standard InChI is InChI=1S/C35H46N4O5S/c1-26-19-20-27(2)32(21-26)39(45(42,43)37(3)4)25-34(40)38(24-29-15-12-18-31(22-29)44-5)33(23-28-13-8-6-9-14-28)35(41)36-30-16-10-7-11-17-30/h6,8-9,12-15,18-22,30,33H,7,10-11,16-17,23-25H2,1-5H3,(H,36,41)/t33-/m1/s1. The Labute approximate surface area is 268 Å². The number of hydrogen-bond acceptors (Lipinski definition) is 5. The minimum Gasteiger partial charge on any atom is -0.497 e. The van der Waals surface area contributed by atoms with Crippen molar-refractivity contribution in [3.8, 4) is 5.75 Å². The van der Waals surface area contributed by atoms with Crippen molar-refractivity contribution < 1.29 is 22.7 Å². The number of carbonyl (C=O) groups is 2. The molecule has 0 aromatic heterocycles. The molecule has 0 radical (unpaired) electrons. The van der Waals surface area contributed by atoms with E-state index in [1.165, 1.54) is 19.0 Å². The summed E-state index contributed by atoms with van der Waals surface area (Å²) in [5.41, 5.74) is 3.67. The molecule has 3 aromatic carbocycles. The van der Waals surface area contributed by atoms with Gasteiger partial charge in [-0.3, -0.25) is 9.59 Å². The molecule has 0 aliphatic heterocycles. The first-order chi connectivity index (χ1) is 21.5. The van der Waals surface area contributed by atoms with E-state index in [2.05, 4.69) is 5.32 Å². The minimum atomic E-state index is -4.07. The Bertz CT molecular complexity index is 1560. The van der Waals surface area contributed by atoms with E-state index in [0.717, 1.165) is 57.4 Å². The highest BCUT2D eigenvalue weighted by atomic mass is 32.2. The third kappa shape index (κ3) is 8.85. The van der Waals surface area contributed by atoms with Crippen molar-refractivity contribution in [3.63, 3.8) is 0 Å². The first-order valence-corrected chi connectivity index (χ1v) is 16.9. The van der Waals surface area contributed by atoms with Crippen LogP contribution in [0.4, 0.5) is 5.69 Å². The van der Waals surface area contributed by atoms with Crippen LogP contribution < -0.4 is 14.4 Å². The van der Waals surface area contributed by atoms with E-state index >= 15 is 0 Å². The Morgan fingerprint density at radius 3 is 2.27 bits per heavy atom. The van der Waals surface area contributed by atoms with Crippen LogP contribution in [0.25, 0.3) is 0 Å². The number of carbonyl (C=O) groups excluding carboxylic acids is 2. The van der Waals surface area contributed by atoms with Gasteiger partial charge in [-0.1, -0.05) is 73.9 Å². The van der Waals surface area contributed by atoms with Crippen LogP contribution in [0.5, 0.6) is 5.75 Å². The van der Waals surface area contributed by atoms with Gasteiger partial charge in [0, 0.05) is 33.1 Å². The summed E-state index contributed by atoms with van der Waals surface area (Å²) in [6.45, 7) is 3.32. The smallest absolute Gasteiger partial charge is 0.304 e. The minimum absolute atomic E-state index is 0.0406. The number of rotatable bonds is 13. The average molecular weight is 635 g/mol. The van der Waals surface area contributed by atoms with Crippen molar-refractivity contribution in [2.24, 2.45) is 0 Å². The molecule has 0 saturated heterocycles. The lowest BCUT2D eigenvalue weighted by molar-refractivity contribution is -0.140. The zero-order valence-electron chi connectivity index (χ0n) is 27.0. The van der Waals surface area contributed by atoms with Crippen LogP contribution in [0.1, 0.15) is 54.4 Å². The van der Waals surface area contributed by atoms with E-state index < -0.39 is 28.7 Å². The number of aryl methyl sites for hydroxylation is 2. The predicted molar refractivity (Wildman–Crippen MR) is 178 cm³/mol. The molecule has 1 N–H and O–H groups in total. The summed E-state index contributed by atoms with van der Waals surface area (Å²) in [6.07, 6.45) is 5.32. The average Bonchev–Trinajstić information content (AvgIpc) is 3.03. The first-order valence-electron chi connectivity index (χ1n) is 15.5. The molecule has 0 spiro atoms. The Hall–Kier alpha value is -3.89. The summed E-state index contributed by atoms with van der Waals surface area (Å²) >= 11 is 0. The molecule has 2 amide bonds. The lowest BCUT2D eigenvalue weighted by Crippen LogP contribution is -2.55. The van der Waals surface area contributed by atoms with Crippen LogP contribution in [0.15, 0.2) is 72.8 Å². The quantitative estimate of drug-likeness (QED) is 0.285. The fraction of sp³-hybridized carbons (Fsp3) is 0.429. The monoisotopic (exact) mass is 634 g/mol. The van der Waals surface area contributed by atoms with Gasteiger partial charge in [0.1, 0.15) is 18.3 Å². The molecule has 0 unspecified atom stereocenters. The molecule has 1 saturated carbocycles. The van der Waals surface area contributed by atoms with Crippen LogP contribution in [0.3, 0.4) is 0 Å². The van der Waals surface area contributed by atoms with Gasteiger partial charge < -0.3 is 15.0 Å². The number of amides is 2. The summed E-state index contributed by atoms with van der Waals surface area (Å²) in [7, 11) is 0.396. The molecular weight excluding hydrogens is 588 g/mol. The largest absolute Gasteiger partial charge is 0.497 e. The summed E-state index contributed by atoms with van der Waals surface area (Å²) in [6, 6.07) is 21.6. The summed E-state index contributed by atoms with van der Waals surface area (Å²) in [5, 5.41) is 3.24. The second-order valence-electron chi connectivity index (χ2n) is 12.0. The zero-order valence-corrected chi connectivity index (χ0v) is 27.8. The van der Waals surface area contributed by atoms with E-state index in [4.69, 9.17) is 4.74 Å². The highest BCUT2D eigenvalue weighted by molar-refractivity contribution is 7.90. The van der Waals surface area contributed by atoms with Crippen LogP contribution >= 0.6 is 0 Å². The molecule has 1 fully saturated rings. The third-order valence-electron chi connectivity index (χ3n) is 8.36. The van der Waals surface area contributed by atoms with Gasteiger partial charge in [0.2, 0.25) is 11.8 Å². The zero-order chi connectivity index (χ0) is 32.6. The fourth-order valence-corrected chi connectivity index (χ4v) is 6.87. The summed E-state index contributed by atoms with van der Waals surface area (Å²) in [5.74, 6) is -0.0991. The molecule has 3 aromatic rings. The topological polar surface area (TPSA) is 99.3 Å². The molecule has 45 heavy (non-hydrogen) atoms. The number of anilines is 1. The summed E-state index contributed by atoms with van der Waals surface area (Å²) < 4.78 is 35.2. The number of ether oxygens (including phenoxy) is 1. The van der Waals surface area contributed by atoms with Gasteiger partial charge in [-0.2, -0.15) is 12.7 Å². The Balaban J connectivity index is 1.79. The van der Waals surface area contributed by atoms with Gasteiger partial charge in [0.25, 0.3) is 0 Å². The molecule has 10 heteroatoms. The van der Waals surface area contributed by atoms with Crippen LogP contribution in [-0.4, -0.2) is 69.3 Å². The Kier molecular flexibility index (Phi) is 11.6. The molecule has 4 rings (SSSR count). The van der Waals surface area contributed by atoms with Gasteiger partial charge >= 0.3 is 10.2 Å². The normalized spacial score (nSPS) is 14.5. The summed E-state index contributed by atoms with van der Waals surface area (Å²) in [4.78, 5) is 30.3. The van der Waals surface area contributed by atoms with Crippen molar-refractivity contribution >= 4 is 27.7 Å². The molecule has 9 nitrogen and oxygen atoms in total. The van der Waals surface area contributed by atoms with Gasteiger partial charge in [0.05, 0.1) is 12.8 Å². The van der Waals surface area contributed by atoms with Crippen LogP contribution in [-0.2, 0) is 32.8 Å². The predicted octanol–water partition coefficient (Wildman–Crippen LogP) is 5.01. The van der Waals surface area contributed by atoms with Gasteiger partial charge in [0.15, 0.2) is 0 Å². The number of benzene rings is 3. The van der Waals surface area contributed by atoms with Crippen molar-refractivity contribution in [2.45, 2.75) is 71.0 Å². The SMILES string of the molecule is COc1cccc(CN(C(=O)CN(c2cc(C)ccc2C)S(=O)(=O)N(C)C)[C@H](Cc2ccccc2)C(=O)NC2CCCCC2)c1. The molecular formula is C35H46N4O5S. The van der Waals surface area contributed by atoms with Crippen LogP contribution in [0.2, 0.25) is 0 Å². The van der Waals surface area contributed by atoms with E-state index in [1.807, 2.05) is 80.6 Å². The molecule has 1 aliphatic carbocycles. The lowest BCUT2D eigenvalue weighted by Gasteiger charge is -2.36. The van der Waals surface area contributed by atoms with E-state index in [-0.39, 0.29) is 24.9 Å². The van der Waals surface area contributed by atoms with E-state index in [0.29, 0.717) is 17.0 Å². The van der Waals surface area contributed by atoms with Crippen LogP contribution in [0, 0.1) is 13.8 Å². The van der Waals surface area contributed by atoms with Crippen molar-refractivity contribution in [3.05, 3.63) is 95.1 Å². The Morgan fingerprint density at radius 1 is 0.911 bits per heavy atom. The number of nitrogens with zero attached hydrogens (tertiary/aromatic N) is 3.